The van der Waals surface area contributed by atoms with Crippen LogP contribution in [0.5, 0.6) is 0 Å². The Morgan fingerprint density at radius 3 is 2.46 bits per heavy atom. The minimum Gasteiger partial charge on any atom is -0.296 e. The molecule has 0 fully saturated rings. The minimum absolute atomic E-state index is 0.190. The van der Waals surface area contributed by atoms with E-state index in [1.54, 1.807) is 16.6 Å². The van der Waals surface area contributed by atoms with Gasteiger partial charge in [0.2, 0.25) is 10.1 Å². The minimum atomic E-state index is -0.190. The average Bonchev–Trinajstić information content (AvgIpc) is 3.18. The number of carbonyl (C=O) groups is 1. The van der Waals surface area contributed by atoms with Crippen molar-refractivity contribution < 1.29 is 4.79 Å². The third-order valence-electron chi connectivity index (χ3n) is 3.52. The lowest BCUT2D eigenvalue weighted by Gasteiger charge is -2.00. The van der Waals surface area contributed by atoms with Crippen LogP contribution in [-0.4, -0.2) is 25.7 Å². The molecule has 4 aromatic rings. The lowest BCUT2D eigenvalue weighted by molar-refractivity contribution is 0.102. The van der Waals surface area contributed by atoms with Crippen LogP contribution in [0.4, 0.5) is 5.13 Å². The summed E-state index contributed by atoms with van der Waals surface area (Å²) in [4.78, 5) is 12.9. The van der Waals surface area contributed by atoms with Crippen LogP contribution in [0.1, 0.15) is 21.7 Å². The predicted molar refractivity (Wildman–Crippen MR) is 92.3 cm³/mol. The summed E-state index contributed by atoms with van der Waals surface area (Å²) < 4.78 is 1.68. The average molecular weight is 335 g/mol. The largest absolute Gasteiger partial charge is 0.296 e. The van der Waals surface area contributed by atoms with Crippen molar-refractivity contribution in [1.29, 1.82) is 0 Å². The Labute approximate surface area is 141 Å². The highest BCUT2D eigenvalue weighted by Crippen LogP contribution is 2.20. The Morgan fingerprint density at radius 2 is 1.71 bits per heavy atom. The second-order valence-electron chi connectivity index (χ2n) is 5.20. The lowest BCUT2D eigenvalue weighted by Crippen LogP contribution is -2.11. The Kier molecular flexibility index (Phi) is 3.76. The van der Waals surface area contributed by atoms with Crippen LogP contribution in [-0.2, 0) is 6.42 Å². The van der Waals surface area contributed by atoms with Gasteiger partial charge in [0.05, 0.1) is 0 Å². The number of nitrogens with zero attached hydrogens (tertiary/aromatic N) is 4. The van der Waals surface area contributed by atoms with E-state index in [9.17, 15) is 4.79 Å². The Hall–Kier alpha value is -3.06. The molecule has 0 aliphatic heterocycles. The molecule has 0 atom stereocenters. The van der Waals surface area contributed by atoms with Gasteiger partial charge in [-0.05, 0) is 17.7 Å². The summed E-state index contributed by atoms with van der Waals surface area (Å²) in [7, 11) is 0. The van der Waals surface area contributed by atoms with Crippen LogP contribution in [0, 0.1) is 0 Å². The fraction of sp³-hybridized carbons (Fsp3) is 0.0588. The maximum atomic E-state index is 12.2. The van der Waals surface area contributed by atoms with E-state index in [2.05, 4.69) is 20.6 Å². The fourth-order valence-electron chi connectivity index (χ4n) is 2.36. The molecule has 0 spiro atoms. The molecule has 0 unspecified atom stereocenters. The molecule has 2 heterocycles. The van der Waals surface area contributed by atoms with Crippen LogP contribution < -0.4 is 5.32 Å². The summed E-state index contributed by atoms with van der Waals surface area (Å²) in [5.41, 5.74) is 1.72. The van der Waals surface area contributed by atoms with Crippen molar-refractivity contribution in [3.63, 3.8) is 0 Å². The number of fused-ring (bicyclic) bond motifs is 1. The number of hydrogen-bond donors (Lipinski definition) is 1. The van der Waals surface area contributed by atoms with Crippen molar-refractivity contribution in [3.05, 3.63) is 77.6 Å². The van der Waals surface area contributed by atoms with Gasteiger partial charge < -0.3 is 0 Å². The van der Waals surface area contributed by atoms with Gasteiger partial charge in [0, 0.05) is 12.0 Å². The van der Waals surface area contributed by atoms with Crippen molar-refractivity contribution >= 4 is 27.3 Å². The summed E-state index contributed by atoms with van der Waals surface area (Å²) in [6.45, 7) is 0. The SMILES string of the molecule is O=C(Nc1nn2c(Cc3ccccc3)nnc2s1)c1ccccc1. The number of benzene rings is 2. The number of aromatic nitrogens is 4. The van der Waals surface area contributed by atoms with Crippen molar-refractivity contribution in [2.45, 2.75) is 6.42 Å². The van der Waals surface area contributed by atoms with Crippen LogP contribution in [0.15, 0.2) is 60.7 Å². The molecule has 1 N–H and O–H groups in total. The van der Waals surface area contributed by atoms with Crippen molar-refractivity contribution in [1.82, 2.24) is 19.8 Å². The van der Waals surface area contributed by atoms with Crippen LogP contribution in [0.25, 0.3) is 4.96 Å². The highest BCUT2D eigenvalue weighted by molar-refractivity contribution is 7.20. The predicted octanol–water partition coefficient (Wildman–Crippen LogP) is 3.03. The molecule has 2 aromatic heterocycles. The molecular formula is C17H13N5OS. The van der Waals surface area contributed by atoms with Crippen LogP contribution in [0.2, 0.25) is 0 Å². The van der Waals surface area contributed by atoms with Crippen molar-refractivity contribution in [2.24, 2.45) is 0 Å². The van der Waals surface area contributed by atoms with Crippen LogP contribution in [0.3, 0.4) is 0 Å². The molecule has 2 aromatic carbocycles. The first-order valence-electron chi connectivity index (χ1n) is 7.41. The van der Waals surface area contributed by atoms with Crippen molar-refractivity contribution in [2.75, 3.05) is 5.32 Å². The zero-order valence-electron chi connectivity index (χ0n) is 12.6. The molecular weight excluding hydrogens is 322 g/mol. The number of amides is 1. The topological polar surface area (TPSA) is 72.2 Å². The van der Waals surface area contributed by atoms with E-state index in [1.807, 2.05) is 48.5 Å². The lowest BCUT2D eigenvalue weighted by atomic mass is 10.1. The zero-order valence-corrected chi connectivity index (χ0v) is 13.4. The maximum absolute atomic E-state index is 12.2. The van der Waals surface area contributed by atoms with Gasteiger partial charge in [-0.25, -0.2) is 0 Å². The van der Waals surface area contributed by atoms with Gasteiger partial charge in [0.15, 0.2) is 5.82 Å². The number of anilines is 1. The van der Waals surface area contributed by atoms with Gasteiger partial charge in [-0.2, -0.15) is 4.52 Å². The molecule has 118 valence electrons. The fourth-order valence-corrected chi connectivity index (χ4v) is 3.11. The summed E-state index contributed by atoms with van der Waals surface area (Å²) in [5, 5.41) is 16.0. The molecule has 0 saturated heterocycles. The van der Waals surface area contributed by atoms with E-state index in [1.165, 1.54) is 11.3 Å². The first kappa shape index (κ1) is 14.5. The third-order valence-corrected chi connectivity index (χ3v) is 4.33. The zero-order chi connectivity index (χ0) is 16.4. The molecule has 0 aliphatic carbocycles. The van der Waals surface area contributed by atoms with Gasteiger partial charge in [0.25, 0.3) is 5.91 Å². The quantitative estimate of drug-likeness (QED) is 0.622. The number of carbonyl (C=O) groups excluding carboxylic acids is 1. The Bertz CT molecular complexity index is 978. The first-order chi connectivity index (χ1) is 11.8. The molecule has 0 aliphatic rings. The highest BCUT2D eigenvalue weighted by Gasteiger charge is 2.14. The second-order valence-corrected chi connectivity index (χ2v) is 6.16. The highest BCUT2D eigenvalue weighted by atomic mass is 32.1. The Morgan fingerprint density at radius 1 is 1.00 bits per heavy atom. The van der Waals surface area contributed by atoms with Gasteiger partial charge in [-0.3, -0.25) is 10.1 Å². The standard InChI is InChI=1S/C17H13N5OS/c23-15(13-9-5-2-6-10-13)18-16-21-22-14(19-20-17(22)24-16)11-12-7-3-1-4-8-12/h1-10H,11H2,(H,18,21,23). The molecule has 0 saturated carbocycles. The summed E-state index contributed by atoms with van der Waals surface area (Å²) in [5.74, 6) is 0.554. The molecule has 7 heteroatoms. The second kappa shape index (κ2) is 6.21. The van der Waals surface area contributed by atoms with E-state index in [0.29, 0.717) is 22.1 Å². The van der Waals surface area contributed by atoms with E-state index < -0.39 is 0 Å². The number of rotatable bonds is 4. The monoisotopic (exact) mass is 335 g/mol. The van der Waals surface area contributed by atoms with Gasteiger partial charge in [0.1, 0.15) is 0 Å². The number of hydrogen-bond acceptors (Lipinski definition) is 5. The van der Waals surface area contributed by atoms with Gasteiger partial charge in [-0.1, -0.05) is 59.9 Å². The van der Waals surface area contributed by atoms with E-state index in [-0.39, 0.29) is 5.91 Å². The van der Waals surface area contributed by atoms with Gasteiger partial charge >= 0.3 is 0 Å². The molecule has 4 rings (SSSR count). The van der Waals surface area contributed by atoms with E-state index >= 15 is 0 Å². The van der Waals surface area contributed by atoms with E-state index in [0.717, 1.165) is 11.4 Å². The molecule has 0 bridgehead atoms. The summed E-state index contributed by atoms with van der Waals surface area (Å²) in [6.07, 6.45) is 0.637. The normalized spacial score (nSPS) is 10.8. The Balaban J connectivity index is 1.57. The first-order valence-corrected chi connectivity index (χ1v) is 8.23. The van der Waals surface area contributed by atoms with Gasteiger partial charge in [-0.15, -0.1) is 15.3 Å². The summed E-state index contributed by atoms with van der Waals surface area (Å²) in [6, 6.07) is 19.1. The smallest absolute Gasteiger partial charge is 0.257 e. The maximum Gasteiger partial charge on any atom is 0.257 e. The molecule has 0 radical (unpaired) electrons. The third kappa shape index (κ3) is 2.89. The molecule has 1 amide bonds. The number of nitrogens with one attached hydrogen (secondary N) is 1. The van der Waals surface area contributed by atoms with Crippen LogP contribution >= 0.6 is 11.3 Å². The molecule has 6 nitrogen and oxygen atoms in total. The summed E-state index contributed by atoms with van der Waals surface area (Å²) >= 11 is 1.30. The van der Waals surface area contributed by atoms with Crippen molar-refractivity contribution in [3.8, 4) is 0 Å². The van der Waals surface area contributed by atoms with E-state index in [4.69, 9.17) is 0 Å². The molecule has 24 heavy (non-hydrogen) atoms.